The number of hydrogen-bond donors (Lipinski definition) is 0. The SMILES string of the molecule is CN(CC1CC1)c1c(Cl)cccc1C#N. The Morgan fingerprint density at radius 2 is 2.27 bits per heavy atom. The Kier molecular flexibility index (Phi) is 2.83. The van der Waals surface area contributed by atoms with E-state index in [4.69, 9.17) is 16.9 Å². The highest BCUT2D eigenvalue weighted by atomic mass is 35.5. The molecular formula is C12H13ClN2. The fourth-order valence-electron chi connectivity index (χ4n) is 1.77. The molecule has 0 spiro atoms. The van der Waals surface area contributed by atoms with Gasteiger partial charge in [0.2, 0.25) is 0 Å². The number of nitrogens with zero attached hydrogens (tertiary/aromatic N) is 2. The lowest BCUT2D eigenvalue weighted by atomic mass is 10.1. The van der Waals surface area contributed by atoms with E-state index in [9.17, 15) is 0 Å². The number of hydrogen-bond acceptors (Lipinski definition) is 2. The van der Waals surface area contributed by atoms with Crippen molar-refractivity contribution < 1.29 is 0 Å². The van der Waals surface area contributed by atoms with Crippen LogP contribution >= 0.6 is 11.6 Å². The van der Waals surface area contributed by atoms with Crippen LogP contribution in [0.1, 0.15) is 18.4 Å². The summed E-state index contributed by atoms with van der Waals surface area (Å²) in [6.45, 7) is 0.998. The third-order valence-corrected chi connectivity index (χ3v) is 3.02. The third-order valence-electron chi connectivity index (χ3n) is 2.72. The van der Waals surface area contributed by atoms with E-state index in [0.29, 0.717) is 10.6 Å². The van der Waals surface area contributed by atoms with E-state index in [0.717, 1.165) is 18.2 Å². The van der Waals surface area contributed by atoms with Crippen LogP contribution in [-0.4, -0.2) is 13.6 Å². The van der Waals surface area contributed by atoms with Gasteiger partial charge >= 0.3 is 0 Å². The Morgan fingerprint density at radius 1 is 1.53 bits per heavy atom. The molecule has 1 aromatic rings. The van der Waals surface area contributed by atoms with E-state index in [1.54, 1.807) is 0 Å². The average molecular weight is 221 g/mol. The van der Waals surface area contributed by atoms with Crippen molar-refractivity contribution in [2.75, 3.05) is 18.5 Å². The molecule has 0 atom stereocenters. The molecule has 1 fully saturated rings. The van der Waals surface area contributed by atoms with Crippen LogP contribution in [-0.2, 0) is 0 Å². The van der Waals surface area contributed by atoms with Crippen LogP contribution in [0, 0.1) is 17.2 Å². The predicted molar refractivity (Wildman–Crippen MR) is 62.2 cm³/mol. The molecule has 0 aromatic heterocycles. The van der Waals surface area contributed by atoms with Gasteiger partial charge in [0.25, 0.3) is 0 Å². The van der Waals surface area contributed by atoms with Gasteiger partial charge in [-0.3, -0.25) is 0 Å². The highest BCUT2D eigenvalue weighted by molar-refractivity contribution is 6.33. The van der Waals surface area contributed by atoms with Gasteiger partial charge in [-0.05, 0) is 30.9 Å². The fraction of sp³-hybridized carbons (Fsp3) is 0.417. The quantitative estimate of drug-likeness (QED) is 0.783. The van der Waals surface area contributed by atoms with Crippen molar-refractivity contribution in [2.24, 2.45) is 5.92 Å². The molecule has 3 heteroatoms. The van der Waals surface area contributed by atoms with Gasteiger partial charge in [0, 0.05) is 13.6 Å². The van der Waals surface area contributed by atoms with Crippen LogP contribution < -0.4 is 4.90 Å². The Morgan fingerprint density at radius 3 is 2.87 bits per heavy atom. The molecule has 0 bridgehead atoms. The molecule has 2 nitrogen and oxygen atoms in total. The Hall–Kier alpha value is -1.20. The van der Waals surface area contributed by atoms with Crippen molar-refractivity contribution in [3.05, 3.63) is 28.8 Å². The highest BCUT2D eigenvalue weighted by Crippen LogP contribution is 2.34. The van der Waals surface area contributed by atoms with Crippen molar-refractivity contribution in [3.63, 3.8) is 0 Å². The van der Waals surface area contributed by atoms with E-state index < -0.39 is 0 Å². The van der Waals surface area contributed by atoms with Crippen molar-refractivity contribution >= 4 is 17.3 Å². The van der Waals surface area contributed by atoms with Crippen LogP contribution in [0.3, 0.4) is 0 Å². The van der Waals surface area contributed by atoms with E-state index in [-0.39, 0.29) is 0 Å². The number of benzene rings is 1. The summed E-state index contributed by atoms with van der Waals surface area (Å²) < 4.78 is 0. The molecule has 1 aliphatic carbocycles. The van der Waals surface area contributed by atoms with Crippen LogP contribution in [0.15, 0.2) is 18.2 Å². The molecule has 0 heterocycles. The van der Waals surface area contributed by atoms with E-state index >= 15 is 0 Å². The second-order valence-corrected chi connectivity index (χ2v) is 4.48. The van der Waals surface area contributed by atoms with Gasteiger partial charge in [0.1, 0.15) is 6.07 Å². The lowest BCUT2D eigenvalue weighted by Gasteiger charge is -2.21. The number of para-hydroxylation sites is 1. The summed E-state index contributed by atoms with van der Waals surface area (Å²) in [4.78, 5) is 2.10. The molecule has 0 unspecified atom stereocenters. The second kappa shape index (κ2) is 4.12. The minimum absolute atomic E-state index is 0.658. The summed E-state index contributed by atoms with van der Waals surface area (Å²) in [5.74, 6) is 0.790. The van der Waals surface area contributed by atoms with Crippen LogP contribution in [0.2, 0.25) is 5.02 Å². The minimum atomic E-state index is 0.658. The van der Waals surface area contributed by atoms with Crippen molar-refractivity contribution in [2.45, 2.75) is 12.8 Å². The summed E-state index contributed by atoms with van der Waals surface area (Å²) >= 11 is 6.11. The maximum Gasteiger partial charge on any atom is 0.101 e. The number of anilines is 1. The van der Waals surface area contributed by atoms with Gasteiger partial charge in [-0.15, -0.1) is 0 Å². The first-order chi connectivity index (χ1) is 7.22. The molecule has 0 N–H and O–H groups in total. The summed E-state index contributed by atoms with van der Waals surface area (Å²) in [6, 6.07) is 7.64. The summed E-state index contributed by atoms with van der Waals surface area (Å²) in [5, 5.41) is 9.67. The van der Waals surface area contributed by atoms with Crippen molar-refractivity contribution in [1.82, 2.24) is 0 Å². The summed E-state index contributed by atoms with van der Waals surface area (Å²) in [6.07, 6.45) is 2.60. The molecule has 1 saturated carbocycles. The largest absolute Gasteiger partial charge is 0.372 e. The smallest absolute Gasteiger partial charge is 0.101 e. The topological polar surface area (TPSA) is 27.0 Å². The lowest BCUT2D eigenvalue weighted by Crippen LogP contribution is -2.21. The zero-order valence-electron chi connectivity index (χ0n) is 8.70. The first kappa shape index (κ1) is 10.3. The van der Waals surface area contributed by atoms with E-state index in [1.807, 2.05) is 25.2 Å². The first-order valence-electron chi connectivity index (χ1n) is 5.12. The van der Waals surface area contributed by atoms with Gasteiger partial charge in [0.15, 0.2) is 0 Å². The van der Waals surface area contributed by atoms with Gasteiger partial charge in [-0.1, -0.05) is 17.7 Å². The lowest BCUT2D eigenvalue weighted by molar-refractivity contribution is 0.787. The van der Waals surface area contributed by atoms with E-state index in [1.165, 1.54) is 12.8 Å². The van der Waals surface area contributed by atoms with Crippen molar-refractivity contribution in [1.29, 1.82) is 5.26 Å². The molecule has 0 aliphatic heterocycles. The van der Waals surface area contributed by atoms with Gasteiger partial charge in [-0.2, -0.15) is 5.26 Å². The minimum Gasteiger partial charge on any atom is -0.372 e. The standard InChI is InChI=1S/C12H13ClN2/c1-15(8-9-5-6-9)12-10(7-14)3-2-4-11(12)13/h2-4,9H,5-6,8H2,1H3. The maximum atomic E-state index is 9.01. The third kappa shape index (κ3) is 2.24. The molecule has 78 valence electrons. The number of rotatable bonds is 3. The molecular weight excluding hydrogens is 208 g/mol. The monoisotopic (exact) mass is 220 g/mol. The van der Waals surface area contributed by atoms with Crippen LogP contribution in [0.4, 0.5) is 5.69 Å². The van der Waals surface area contributed by atoms with Crippen LogP contribution in [0.5, 0.6) is 0 Å². The zero-order valence-corrected chi connectivity index (χ0v) is 9.46. The van der Waals surface area contributed by atoms with Crippen LogP contribution in [0.25, 0.3) is 0 Å². The molecule has 0 radical (unpaired) electrons. The normalized spacial score (nSPS) is 14.7. The molecule has 2 rings (SSSR count). The van der Waals surface area contributed by atoms with Gasteiger partial charge in [0.05, 0.1) is 16.3 Å². The summed E-state index contributed by atoms with van der Waals surface area (Å²) in [5.41, 5.74) is 1.53. The second-order valence-electron chi connectivity index (χ2n) is 4.07. The van der Waals surface area contributed by atoms with Crippen molar-refractivity contribution in [3.8, 4) is 6.07 Å². The maximum absolute atomic E-state index is 9.01. The van der Waals surface area contributed by atoms with E-state index in [2.05, 4.69) is 11.0 Å². The first-order valence-corrected chi connectivity index (χ1v) is 5.50. The van der Waals surface area contributed by atoms with Gasteiger partial charge in [-0.25, -0.2) is 0 Å². The number of nitriles is 1. The Labute approximate surface area is 95.1 Å². The highest BCUT2D eigenvalue weighted by Gasteiger charge is 2.24. The van der Waals surface area contributed by atoms with Gasteiger partial charge < -0.3 is 4.90 Å². The average Bonchev–Trinajstić information content (AvgIpc) is 3.00. The summed E-state index contributed by atoms with van der Waals surface area (Å²) in [7, 11) is 2.00. The Balaban J connectivity index is 2.28. The zero-order chi connectivity index (χ0) is 10.8. The molecule has 1 aliphatic rings. The molecule has 0 amide bonds. The molecule has 1 aromatic carbocycles. The molecule has 0 saturated heterocycles. The molecule has 15 heavy (non-hydrogen) atoms. The Bertz CT molecular complexity index is 405. The predicted octanol–water partition coefficient (Wildman–Crippen LogP) is 3.06. The fourth-order valence-corrected chi connectivity index (χ4v) is 2.09. The number of halogens is 1.